The van der Waals surface area contributed by atoms with Crippen molar-refractivity contribution >= 4 is 53.7 Å². The van der Waals surface area contributed by atoms with Gasteiger partial charge in [-0.3, -0.25) is 4.98 Å². The Bertz CT molecular complexity index is 1400. The summed E-state index contributed by atoms with van der Waals surface area (Å²) < 4.78 is 48.3. The second-order valence-corrected chi connectivity index (χ2v) is 9.65. The topological polar surface area (TPSA) is 128 Å². The number of H-pyrrole nitrogens is 1. The quantitative estimate of drug-likeness (QED) is 0.388. The second kappa shape index (κ2) is 8.32. The van der Waals surface area contributed by atoms with Gasteiger partial charge in [0.2, 0.25) is 5.13 Å². The molecule has 0 saturated carbocycles. The van der Waals surface area contributed by atoms with E-state index in [4.69, 9.17) is 13.9 Å². The maximum atomic E-state index is 13.7. The normalized spacial score (nSPS) is 11.6. The summed E-state index contributed by atoms with van der Waals surface area (Å²) in [4.78, 5) is 18.0. The molecule has 0 atom stereocenters. The molecule has 0 radical (unpaired) electrons. The third-order valence-electron chi connectivity index (χ3n) is 4.41. The highest BCUT2D eigenvalue weighted by molar-refractivity contribution is 9.10. The predicted molar refractivity (Wildman–Crippen MR) is 117 cm³/mol. The molecule has 0 fully saturated rings. The molecule has 4 rings (SSSR count). The maximum absolute atomic E-state index is 13.7. The van der Waals surface area contributed by atoms with E-state index < -0.39 is 15.8 Å². The van der Waals surface area contributed by atoms with Crippen molar-refractivity contribution in [2.45, 2.75) is 11.4 Å². The Morgan fingerprint density at radius 1 is 1.23 bits per heavy atom. The molecule has 0 amide bonds. The second-order valence-electron chi connectivity index (χ2n) is 6.21. The number of ether oxygens (including phenoxy) is 2. The summed E-state index contributed by atoms with van der Waals surface area (Å²) in [6, 6.07) is 7.84. The molecule has 10 nitrogen and oxygen atoms in total. The number of aromatic nitrogens is 3. The van der Waals surface area contributed by atoms with Crippen LogP contribution in [-0.2, 0) is 16.6 Å². The van der Waals surface area contributed by atoms with E-state index >= 15 is 0 Å². The van der Waals surface area contributed by atoms with Crippen molar-refractivity contribution in [2.24, 2.45) is 0 Å². The van der Waals surface area contributed by atoms with E-state index in [0.717, 1.165) is 15.8 Å². The number of sulfonamides is 1. The molecule has 13 heteroatoms. The molecule has 0 spiro atoms. The molecule has 1 N–H and O–H groups in total. The predicted octanol–water partition coefficient (Wildman–Crippen LogP) is 3.15. The lowest BCUT2D eigenvalue weighted by molar-refractivity contribution is 0.391. The number of methoxy groups -OCH3 is 2. The van der Waals surface area contributed by atoms with Gasteiger partial charge in [-0.05, 0) is 34.1 Å². The van der Waals surface area contributed by atoms with E-state index in [-0.39, 0.29) is 26.6 Å². The number of hydrogen-bond donors (Lipinski definition) is 1. The summed E-state index contributed by atoms with van der Waals surface area (Å²) in [5.74, 6) is 0.345. The van der Waals surface area contributed by atoms with Crippen molar-refractivity contribution in [3.05, 3.63) is 57.2 Å². The van der Waals surface area contributed by atoms with Gasteiger partial charge in [0, 0.05) is 33.7 Å². The van der Waals surface area contributed by atoms with Gasteiger partial charge in [-0.1, -0.05) is 0 Å². The summed E-state index contributed by atoms with van der Waals surface area (Å²) in [6.07, 6.45) is 1.28. The number of benzene rings is 2. The van der Waals surface area contributed by atoms with Crippen LogP contribution in [0.2, 0.25) is 0 Å². The zero-order valence-corrected chi connectivity index (χ0v) is 19.4. The fourth-order valence-electron chi connectivity index (χ4n) is 2.94. The van der Waals surface area contributed by atoms with Crippen molar-refractivity contribution in [3.63, 3.8) is 0 Å². The maximum Gasteiger partial charge on any atom is 0.417 e. The molecule has 0 aliphatic heterocycles. The summed E-state index contributed by atoms with van der Waals surface area (Å²) in [5.41, 5.74) is 1.08. The van der Waals surface area contributed by atoms with Crippen LogP contribution < -0.4 is 19.5 Å². The fraction of sp³-hybridized carbons (Fsp3) is 0.167. The van der Waals surface area contributed by atoms with Gasteiger partial charge in [-0.2, -0.15) is 4.37 Å². The average molecular weight is 527 g/mol. The van der Waals surface area contributed by atoms with Gasteiger partial charge < -0.3 is 13.9 Å². The average Bonchev–Trinajstić information content (AvgIpc) is 3.39. The van der Waals surface area contributed by atoms with E-state index in [1.165, 1.54) is 32.7 Å². The van der Waals surface area contributed by atoms with Gasteiger partial charge in [-0.15, -0.1) is 0 Å². The first kappa shape index (κ1) is 21.3. The molecule has 4 aromatic rings. The third kappa shape index (κ3) is 4.03. The van der Waals surface area contributed by atoms with Crippen LogP contribution in [0, 0.1) is 0 Å². The van der Waals surface area contributed by atoms with Crippen LogP contribution >= 0.6 is 27.5 Å². The zero-order chi connectivity index (χ0) is 22.2. The van der Waals surface area contributed by atoms with Crippen molar-refractivity contribution in [2.75, 3.05) is 18.5 Å². The lowest BCUT2D eigenvalue weighted by atomic mass is 10.2. The first-order chi connectivity index (χ1) is 14.8. The van der Waals surface area contributed by atoms with Gasteiger partial charge in [-0.25, -0.2) is 22.5 Å². The number of halogens is 1. The summed E-state index contributed by atoms with van der Waals surface area (Å²) in [5, 5.41) is 0.167. The summed E-state index contributed by atoms with van der Waals surface area (Å²) >= 11 is 4.21. The van der Waals surface area contributed by atoms with Crippen LogP contribution in [0.3, 0.4) is 0 Å². The van der Waals surface area contributed by atoms with Gasteiger partial charge in [0.1, 0.15) is 22.7 Å². The Morgan fingerprint density at radius 2 is 2.03 bits per heavy atom. The minimum absolute atomic E-state index is 0.0771. The summed E-state index contributed by atoms with van der Waals surface area (Å²) in [7, 11) is -1.13. The molecule has 2 aromatic heterocycles. The Balaban J connectivity index is 1.84. The van der Waals surface area contributed by atoms with E-state index in [1.807, 2.05) is 0 Å². The molecular weight excluding hydrogens is 512 g/mol. The number of nitrogens with zero attached hydrogens (tertiary/aromatic N) is 3. The molecule has 0 aliphatic rings. The number of aromatic amines is 1. The first-order valence-corrected chi connectivity index (χ1v) is 11.7. The van der Waals surface area contributed by atoms with E-state index in [1.54, 1.807) is 18.2 Å². The molecule has 0 aliphatic carbocycles. The van der Waals surface area contributed by atoms with Crippen molar-refractivity contribution in [1.82, 2.24) is 14.3 Å². The number of fused-ring (bicyclic) bond motifs is 1. The SMILES string of the molecule is COc1ccc(CN(c2ncns2)S(=O)(=O)c2cc3oc(=O)[nH]c3cc2Br)c(OC)c1. The summed E-state index contributed by atoms with van der Waals surface area (Å²) in [6.45, 7) is -0.0771. The highest BCUT2D eigenvalue weighted by Gasteiger charge is 2.31. The number of oxazole rings is 1. The molecular formula is C18H15BrN4O6S2. The van der Waals surface area contributed by atoms with Gasteiger partial charge in [0.05, 0.1) is 26.3 Å². The smallest absolute Gasteiger partial charge is 0.417 e. The number of nitrogens with one attached hydrogen (secondary N) is 1. The minimum Gasteiger partial charge on any atom is -0.497 e. The zero-order valence-electron chi connectivity index (χ0n) is 16.2. The number of hydrogen-bond acceptors (Lipinski definition) is 9. The van der Waals surface area contributed by atoms with Gasteiger partial charge in [0.25, 0.3) is 10.0 Å². The molecule has 2 aromatic carbocycles. The van der Waals surface area contributed by atoms with Gasteiger partial charge >= 0.3 is 5.76 Å². The molecule has 31 heavy (non-hydrogen) atoms. The van der Waals surface area contributed by atoms with Crippen LogP contribution in [0.1, 0.15) is 5.56 Å². The Hall–Kier alpha value is -2.90. The standard InChI is InChI=1S/C18H15BrN4O6S2/c1-27-11-4-3-10(14(5-11)28-2)8-23(17-20-9-21-30-17)31(25,26)16-7-15-13(6-12(16)19)22-18(24)29-15/h3-7,9H,8H2,1-2H3,(H,22,24). The van der Waals surface area contributed by atoms with Crippen LogP contribution in [0.15, 0.2) is 55.2 Å². The Labute approximate surface area is 188 Å². The number of anilines is 1. The van der Waals surface area contributed by atoms with Crippen LogP contribution in [0.25, 0.3) is 11.1 Å². The number of rotatable bonds is 7. The van der Waals surface area contributed by atoms with Gasteiger partial charge in [0.15, 0.2) is 5.58 Å². The molecule has 162 valence electrons. The highest BCUT2D eigenvalue weighted by Crippen LogP contribution is 2.35. The fourth-order valence-corrected chi connectivity index (χ4v) is 6.09. The molecule has 0 bridgehead atoms. The largest absolute Gasteiger partial charge is 0.497 e. The van der Waals surface area contributed by atoms with Crippen LogP contribution in [0.4, 0.5) is 5.13 Å². The van der Waals surface area contributed by atoms with Crippen LogP contribution in [0.5, 0.6) is 11.5 Å². The van der Waals surface area contributed by atoms with Crippen molar-refractivity contribution < 1.29 is 22.3 Å². The first-order valence-electron chi connectivity index (χ1n) is 8.66. The van der Waals surface area contributed by atoms with E-state index in [2.05, 4.69) is 30.3 Å². The monoisotopic (exact) mass is 526 g/mol. The lowest BCUT2D eigenvalue weighted by Gasteiger charge is -2.23. The third-order valence-corrected chi connectivity index (χ3v) is 7.91. The van der Waals surface area contributed by atoms with E-state index in [0.29, 0.717) is 22.6 Å². The minimum atomic E-state index is -4.14. The van der Waals surface area contributed by atoms with Crippen molar-refractivity contribution in [3.8, 4) is 11.5 Å². The Morgan fingerprint density at radius 3 is 2.71 bits per heavy atom. The molecule has 0 unspecified atom stereocenters. The van der Waals surface area contributed by atoms with E-state index in [9.17, 15) is 13.2 Å². The molecule has 2 heterocycles. The Kier molecular flexibility index (Phi) is 5.73. The highest BCUT2D eigenvalue weighted by atomic mass is 79.9. The lowest BCUT2D eigenvalue weighted by Crippen LogP contribution is -2.31. The molecule has 0 saturated heterocycles. The van der Waals surface area contributed by atoms with Crippen LogP contribution in [-0.4, -0.2) is 37.0 Å². The van der Waals surface area contributed by atoms with Crippen molar-refractivity contribution in [1.29, 1.82) is 0 Å².